The van der Waals surface area contributed by atoms with Gasteiger partial charge >= 0.3 is 0 Å². The van der Waals surface area contributed by atoms with Crippen LogP contribution >= 0.6 is 0 Å². The van der Waals surface area contributed by atoms with Gasteiger partial charge in [0.1, 0.15) is 5.75 Å². The van der Waals surface area contributed by atoms with E-state index in [2.05, 4.69) is 46.3 Å². The Morgan fingerprint density at radius 3 is 2.63 bits per heavy atom. The molecule has 2 saturated heterocycles. The van der Waals surface area contributed by atoms with Crippen LogP contribution in [0.1, 0.15) is 51.0 Å². The highest BCUT2D eigenvalue weighted by Gasteiger charge is 2.23. The molecule has 2 fully saturated rings. The first-order chi connectivity index (χ1) is 14.7. The van der Waals surface area contributed by atoms with Gasteiger partial charge in [-0.05, 0) is 81.9 Å². The van der Waals surface area contributed by atoms with E-state index in [1.807, 2.05) is 12.1 Å². The molecule has 0 saturated carbocycles. The van der Waals surface area contributed by atoms with Crippen LogP contribution < -0.4 is 10.1 Å². The van der Waals surface area contributed by atoms with Crippen molar-refractivity contribution in [1.29, 1.82) is 0 Å². The number of nitrogens with zero attached hydrogens (tertiary/aromatic N) is 2. The molecule has 5 heteroatoms. The Kier molecular flexibility index (Phi) is 9.22. The fraction of sp³-hybridized carbons (Fsp3) is 0.640. The number of likely N-dealkylation sites (N-methyl/N-ethyl adjacent to an activating group) is 1. The van der Waals surface area contributed by atoms with Gasteiger partial charge in [0.05, 0.1) is 7.11 Å². The van der Waals surface area contributed by atoms with E-state index in [-0.39, 0.29) is 5.91 Å². The summed E-state index contributed by atoms with van der Waals surface area (Å²) in [6.45, 7) is 8.57. The first-order valence-electron chi connectivity index (χ1n) is 11.7. The minimum Gasteiger partial charge on any atom is -0.497 e. The van der Waals surface area contributed by atoms with Gasteiger partial charge in [0.2, 0.25) is 5.91 Å². The average molecular weight is 414 g/mol. The number of rotatable bonds is 10. The molecule has 1 aromatic carbocycles. The van der Waals surface area contributed by atoms with Crippen LogP contribution in [-0.4, -0.2) is 68.1 Å². The quantitative estimate of drug-likeness (QED) is 0.634. The van der Waals surface area contributed by atoms with E-state index in [1.54, 1.807) is 7.11 Å². The Balaban J connectivity index is 1.27. The number of nitrogens with one attached hydrogen (secondary N) is 1. The molecule has 2 aliphatic heterocycles. The van der Waals surface area contributed by atoms with Crippen LogP contribution in [0.25, 0.3) is 6.08 Å². The lowest BCUT2D eigenvalue weighted by Gasteiger charge is -2.31. The summed E-state index contributed by atoms with van der Waals surface area (Å²) in [5.74, 6) is 1.82. The van der Waals surface area contributed by atoms with Gasteiger partial charge in [-0.3, -0.25) is 14.6 Å². The topological polar surface area (TPSA) is 44.8 Å². The zero-order valence-electron chi connectivity index (χ0n) is 18.8. The van der Waals surface area contributed by atoms with Crippen LogP contribution in [0.5, 0.6) is 5.75 Å². The first-order valence-corrected chi connectivity index (χ1v) is 11.7. The van der Waals surface area contributed by atoms with Gasteiger partial charge in [0.15, 0.2) is 0 Å². The summed E-state index contributed by atoms with van der Waals surface area (Å²) in [6.07, 6.45) is 11.0. The molecule has 5 nitrogen and oxygen atoms in total. The minimum absolute atomic E-state index is 0.239. The van der Waals surface area contributed by atoms with E-state index >= 15 is 0 Å². The zero-order valence-corrected chi connectivity index (χ0v) is 18.8. The second-order valence-corrected chi connectivity index (χ2v) is 8.69. The van der Waals surface area contributed by atoms with Gasteiger partial charge in [-0.25, -0.2) is 0 Å². The van der Waals surface area contributed by atoms with Crippen LogP contribution in [0.15, 0.2) is 30.3 Å². The van der Waals surface area contributed by atoms with E-state index in [1.165, 1.54) is 37.8 Å². The van der Waals surface area contributed by atoms with Crippen molar-refractivity contribution >= 4 is 12.0 Å². The maximum atomic E-state index is 12.3. The smallest absolute Gasteiger partial charge is 0.220 e. The molecular weight excluding hydrogens is 374 g/mol. The molecule has 0 aliphatic carbocycles. The largest absolute Gasteiger partial charge is 0.497 e. The number of ether oxygens (including phenoxy) is 1. The van der Waals surface area contributed by atoms with Crippen LogP contribution in [0.2, 0.25) is 0 Å². The zero-order chi connectivity index (χ0) is 21.2. The number of likely N-dealkylation sites (tertiary alicyclic amines) is 2. The van der Waals surface area contributed by atoms with Crippen molar-refractivity contribution in [3.8, 4) is 5.75 Å². The molecule has 1 amide bonds. The second-order valence-electron chi connectivity index (χ2n) is 8.69. The number of hydrogen-bond donors (Lipinski definition) is 1. The normalized spacial score (nSPS) is 21.3. The maximum absolute atomic E-state index is 12.3. The molecule has 0 bridgehead atoms. The predicted octanol–water partition coefficient (Wildman–Crippen LogP) is 3.80. The molecule has 1 unspecified atom stereocenters. The molecule has 2 aliphatic rings. The van der Waals surface area contributed by atoms with Gasteiger partial charge < -0.3 is 10.1 Å². The Bertz CT molecular complexity index is 665. The van der Waals surface area contributed by atoms with Crippen molar-refractivity contribution in [2.24, 2.45) is 5.92 Å². The SMILES string of the molecule is CCN1CCCC1CNC(=O)CCC1CCN(C/C=C/c2ccc(OC)cc2)CC1. The van der Waals surface area contributed by atoms with Crippen molar-refractivity contribution in [2.75, 3.05) is 46.4 Å². The fourth-order valence-electron chi connectivity index (χ4n) is 4.71. The van der Waals surface area contributed by atoms with Gasteiger partial charge in [-0.1, -0.05) is 31.2 Å². The number of benzene rings is 1. The monoisotopic (exact) mass is 413 g/mol. The maximum Gasteiger partial charge on any atom is 0.220 e. The van der Waals surface area contributed by atoms with E-state index in [4.69, 9.17) is 4.74 Å². The Hall–Kier alpha value is -1.85. The molecule has 0 radical (unpaired) electrons. The predicted molar refractivity (Wildman–Crippen MR) is 124 cm³/mol. The number of methoxy groups -OCH3 is 1. The van der Waals surface area contributed by atoms with Crippen LogP contribution in [0, 0.1) is 5.92 Å². The Labute approximate surface area is 182 Å². The Morgan fingerprint density at radius 1 is 1.17 bits per heavy atom. The number of amides is 1. The number of carbonyl (C=O) groups is 1. The molecular formula is C25H39N3O2. The first kappa shape index (κ1) is 22.8. The molecule has 0 aromatic heterocycles. The Morgan fingerprint density at radius 2 is 1.93 bits per heavy atom. The van der Waals surface area contributed by atoms with Crippen LogP contribution in [0.3, 0.4) is 0 Å². The summed E-state index contributed by atoms with van der Waals surface area (Å²) in [7, 11) is 1.69. The highest BCUT2D eigenvalue weighted by Crippen LogP contribution is 2.22. The van der Waals surface area contributed by atoms with E-state index in [9.17, 15) is 4.79 Å². The lowest BCUT2D eigenvalue weighted by atomic mass is 9.92. The average Bonchev–Trinajstić information content (AvgIpc) is 3.25. The van der Waals surface area contributed by atoms with Crippen molar-refractivity contribution < 1.29 is 9.53 Å². The summed E-state index contributed by atoms with van der Waals surface area (Å²) < 4.78 is 5.20. The second kappa shape index (κ2) is 12.1. The summed E-state index contributed by atoms with van der Waals surface area (Å²) in [5, 5.41) is 3.18. The number of carbonyl (C=O) groups excluding carboxylic acids is 1. The molecule has 1 N–H and O–H groups in total. The third-order valence-corrected chi connectivity index (χ3v) is 6.72. The minimum atomic E-state index is 0.239. The molecule has 30 heavy (non-hydrogen) atoms. The number of hydrogen-bond acceptors (Lipinski definition) is 4. The van der Waals surface area contributed by atoms with Gasteiger partial charge in [0, 0.05) is 25.6 Å². The summed E-state index contributed by atoms with van der Waals surface area (Å²) in [4.78, 5) is 17.3. The van der Waals surface area contributed by atoms with E-state index in [0.29, 0.717) is 18.4 Å². The third-order valence-electron chi connectivity index (χ3n) is 6.72. The van der Waals surface area contributed by atoms with Crippen molar-refractivity contribution in [1.82, 2.24) is 15.1 Å². The highest BCUT2D eigenvalue weighted by molar-refractivity contribution is 5.75. The van der Waals surface area contributed by atoms with Gasteiger partial charge in [0.25, 0.3) is 0 Å². The molecule has 166 valence electrons. The van der Waals surface area contributed by atoms with Crippen LogP contribution in [0.4, 0.5) is 0 Å². The number of piperidine rings is 1. The molecule has 1 aromatic rings. The molecule has 2 heterocycles. The van der Waals surface area contributed by atoms with E-state index < -0.39 is 0 Å². The van der Waals surface area contributed by atoms with Crippen molar-refractivity contribution in [3.63, 3.8) is 0 Å². The standard InChI is InChI=1S/C25H39N3O2/c1-3-28-17-5-7-23(28)20-26-25(29)13-10-22-14-18-27(19-15-22)16-4-6-21-8-11-24(30-2)12-9-21/h4,6,8-9,11-12,22-23H,3,5,7,10,13-20H2,1-2H3,(H,26,29)/b6-4+. The summed E-state index contributed by atoms with van der Waals surface area (Å²) in [5.41, 5.74) is 1.20. The van der Waals surface area contributed by atoms with E-state index in [0.717, 1.165) is 44.9 Å². The third kappa shape index (κ3) is 7.13. The molecule has 3 rings (SSSR count). The molecule has 1 atom stereocenters. The van der Waals surface area contributed by atoms with Gasteiger partial charge in [-0.15, -0.1) is 0 Å². The molecule has 0 spiro atoms. The van der Waals surface area contributed by atoms with Crippen molar-refractivity contribution in [3.05, 3.63) is 35.9 Å². The van der Waals surface area contributed by atoms with Crippen LogP contribution in [-0.2, 0) is 4.79 Å². The summed E-state index contributed by atoms with van der Waals surface area (Å²) >= 11 is 0. The van der Waals surface area contributed by atoms with Gasteiger partial charge in [-0.2, -0.15) is 0 Å². The van der Waals surface area contributed by atoms with Crippen molar-refractivity contribution in [2.45, 2.75) is 51.5 Å². The highest BCUT2D eigenvalue weighted by atomic mass is 16.5. The lowest BCUT2D eigenvalue weighted by molar-refractivity contribution is -0.121. The summed E-state index contributed by atoms with van der Waals surface area (Å²) in [6, 6.07) is 8.70. The lowest BCUT2D eigenvalue weighted by Crippen LogP contribution is -2.40. The fourth-order valence-corrected chi connectivity index (χ4v) is 4.71.